The smallest absolute Gasteiger partial charge is 0.230 e. The minimum Gasteiger partial charge on any atom is -0.350 e. The SMILES string of the molecule is Cc1nnc(SCC(=O)NC23CC4CC(CC(C4)C2)C3)n1C1CCCCC1. The Morgan fingerprint density at radius 2 is 1.70 bits per heavy atom. The second-order valence-corrected chi connectivity index (χ2v) is 10.7. The van der Waals surface area contributed by atoms with E-state index in [0.29, 0.717) is 11.8 Å². The van der Waals surface area contributed by atoms with E-state index in [0.717, 1.165) is 28.7 Å². The van der Waals surface area contributed by atoms with Gasteiger partial charge in [0.05, 0.1) is 5.75 Å². The zero-order chi connectivity index (χ0) is 18.4. The Hall–Kier alpha value is -1.04. The van der Waals surface area contributed by atoms with E-state index in [4.69, 9.17) is 0 Å². The molecule has 1 aromatic heterocycles. The molecule has 5 aliphatic carbocycles. The van der Waals surface area contributed by atoms with Crippen LogP contribution in [0.25, 0.3) is 0 Å². The fourth-order valence-electron chi connectivity index (χ4n) is 6.93. The van der Waals surface area contributed by atoms with Crippen LogP contribution in [0.2, 0.25) is 0 Å². The van der Waals surface area contributed by atoms with E-state index in [-0.39, 0.29) is 11.4 Å². The number of nitrogens with one attached hydrogen (secondary N) is 1. The third-order valence-electron chi connectivity index (χ3n) is 7.55. The van der Waals surface area contributed by atoms with E-state index >= 15 is 0 Å². The molecule has 0 atom stereocenters. The summed E-state index contributed by atoms with van der Waals surface area (Å²) in [5.41, 5.74) is 0.110. The molecule has 5 aliphatic rings. The van der Waals surface area contributed by atoms with Crippen LogP contribution in [0, 0.1) is 24.7 Å². The Morgan fingerprint density at radius 1 is 1.07 bits per heavy atom. The Kier molecular flexibility index (Phi) is 4.73. The number of rotatable bonds is 5. The van der Waals surface area contributed by atoms with Gasteiger partial charge in [0.25, 0.3) is 0 Å². The highest BCUT2D eigenvalue weighted by molar-refractivity contribution is 7.99. The molecular formula is C21H32N4OS. The van der Waals surface area contributed by atoms with Gasteiger partial charge in [-0.25, -0.2) is 0 Å². The molecule has 5 fully saturated rings. The van der Waals surface area contributed by atoms with Crippen LogP contribution in [0.15, 0.2) is 5.16 Å². The van der Waals surface area contributed by atoms with Crippen molar-refractivity contribution < 1.29 is 4.79 Å². The van der Waals surface area contributed by atoms with Gasteiger partial charge in [0.1, 0.15) is 5.82 Å². The first kappa shape index (κ1) is 18.0. The van der Waals surface area contributed by atoms with Crippen molar-refractivity contribution >= 4 is 17.7 Å². The quantitative estimate of drug-likeness (QED) is 0.765. The van der Waals surface area contributed by atoms with Crippen LogP contribution in [-0.4, -0.2) is 32.0 Å². The van der Waals surface area contributed by atoms with Crippen LogP contribution < -0.4 is 5.32 Å². The van der Waals surface area contributed by atoms with Gasteiger partial charge in [-0.1, -0.05) is 31.0 Å². The topological polar surface area (TPSA) is 59.8 Å². The predicted octanol–water partition coefficient (Wildman–Crippen LogP) is 4.27. The van der Waals surface area contributed by atoms with E-state index < -0.39 is 0 Å². The number of amides is 1. The van der Waals surface area contributed by atoms with E-state index in [9.17, 15) is 4.79 Å². The summed E-state index contributed by atoms with van der Waals surface area (Å²) in [6.45, 7) is 2.04. The van der Waals surface area contributed by atoms with E-state index in [2.05, 4.69) is 20.1 Å². The minimum absolute atomic E-state index is 0.110. The van der Waals surface area contributed by atoms with Crippen LogP contribution in [0.1, 0.15) is 82.5 Å². The lowest BCUT2D eigenvalue weighted by Crippen LogP contribution is -2.60. The number of carbonyl (C=O) groups is 1. The normalized spacial score (nSPS) is 35.5. The third-order valence-corrected chi connectivity index (χ3v) is 8.49. The van der Waals surface area contributed by atoms with Gasteiger partial charge >= 0.3 is 0 Å². The monoisotopic (exact) mass is 388 g/mol. The number of aromatic nitrogens is 3. The highest BCUT2D eigenvalue weighted by Crippen LogP contribution is 2.55. The van der Waals surface area contributed by atoms with Crippen LogP contribution in [0.4, 0.5) is 0 Å². The highest BCUT2D eigenvalue weighted by atomic mass is 32.2. The van der Waals surface area contributed by atoms with Crippen LogP contribution in [0.5, 0.6) is 0 Å². The van der Waals surface area contributed by atoms with E-state index in [1.165, 1.54) is 70.6 Å². The summed E-state index contributed by atoms with van der Waals surface area (Å²) in [5, 5.41) is 13.1. The molecular weight excluding hydrogens is 356 g/mol. The fourth-order valence-corrected chi connectivity index (χ4v) is 7.78. The van der Waals surface area contributed by atoms with Gasteiger partial charge in [-0.15, -0.1) is 10.2 Å². The molecule has 6 rings (SSSR count). The molecule has 0 radical (unpaired) electrons. The fraction of sp³-hybridized carbons (Fsp3) is 0.857. The number of aryl methyl sites for hydroxylation is 1. The standard InChI is InChI=1S/C21H32N4OS/c1-14-23-24-20(25(14)18-5-3-2-4-6-18)27-13-19(26)22-21-10-15-7-16(11-21)9-17(8-15)12-21/h15-18H,2-13H2,1H3,(H,22,26). The molecule has 1 aromatic rings. The van der Waals surface area contributed by atoms with Crippen molar-refractivity contribution in [2.75, 3.05) is 5.75 Å². The van der Waals surface area contributed by atoms with Gasteiger partial charge in [0.2, 0.25) is 5.91 Å². The van der Waals surface area contributed by atoms with Gasteiger partial charge in [0, 0.05) is 11.6 Å². The number of thioether (sulfide) groups is 1. The van der Waals surface area contributed by atoms with Gasteiger partial charge in [-0.05, 0) is 76.0 Å². The molecule has 0 unspecified atom stereocenters. The van der Waals surface area contributed by atoms with Crippen molar-refractivity contribution in [3.05, 3.63) is 5.82 Å². The Labute approximate surface area is 166 Å². The third kappa shape index (κ3) is 3.54. The lowest BCUT2D eigenvalue weighted by Gasteiger charge is -2.56. The Bertz CT molecular complexity index is 674. The average molecular weight is 389 g/mol. The summed E-state index contributed by atoms with van der Waals surface area (Å²) in [5.74, 6) is 4.24. The average Bonchev–Trinajstić information content (AvgIpc) is 3.00. The molecule has 0 aromatic carbocycles. The summed E-state index contributed by atoms with van der Waals surface area (Å²) in [4.78, 5) is 12.8. The van der Waals surface area contributed by atoms with Crippen molar-refractivity contribution in [1.29, 1.82) is 0 Å². The molecule has 1 N–H and O–H groups in total. The maximum atomic E-state index is 12.8. The molecule has 1 heterocycles. The first-order valence-corrected chi connectivity index (χ1v) is 11.9. The Morgan fingerprint density at radius 3 is 2.33 bits per heavy atom. The maximum absolute atomic E-state index is 12.8. The second kappa shape index (κ2) is 7.09. The van der Waals surface area contributed by atoms with Gasteiger partial charge in [-0.2, -0.15) is 0 Å². The molecule has 5 saturated carbocycles. The summed E-state index contributed by atoms with van der Waals surface area (Å²) < 4.78 is 2.29. The largest absolute Gasteiger partial charge is 0.350 e. The molecule has 6 heteroatoms. The highest BCUT2D eigenvalue weighted by Gasteiger charge is 2.51. The minimum atomic E-state index is 0.110. The molecule has 0 spiro atoms. The molecule has 1 amide bonds. The number of carbonyl (C=O) groups excluding carboxylic acids is 1. The van der Waals surface area contributed by atoms with Crippen molar-refractivity contribution in [2.45, 2.75) is 94.3 Å². The number of hydrogen-bond donors (Lipinski definition) is 1. The summed E-state index contributed by atoms with van der Waals surface area (Å²) in [6, 6.07) is 0.516. The van der Waals surface area contributed by atoms with Crippen molar-refractivity contribution in [3.63, 3.8) is 0 Å². The second-order valence-electron chi connectivity index (χ2n) is 9.73. The van der Waals surface area contributed by atoms with Crippen molar-refractivity contribution in [2.24, 2.45) is 17.8 Å². The molecule has 0 saturated heterocycles. The van der Waals surface area contributed by atoms with Crippen LogP contribution in [-0.2, 0) is 4.79 Å². The summed E-state index contributed by atoms with van der Waals surface area (Å²) in [7, 11) is 0. The zero-order valence-corrected chi connectivity index (χ0v) is 17.3. The zero-order valence-electron chi connectivity index (χ0n) is 16.5. The Balaban J connectivity index is 1.22. The van der Waals surface area contributed by atoms with Crippen molar-refractivity contribution in [1.82, 2.24) is 20.1 Å². The molecule has 0 aliphatic heterocycles. The van der Waals surface area contributed by atoms with Gasteiger partial charge < -0.3 is 9.88 Å². The van der Waals surface area contributed by atoms with Crippen LogP contribution in [0.3, 0.4) is 0 Å². The lowest BCUT2D eigenvalue weighted by molar-refractivity contribution is -0.124. The van der Waals surface area contributed by atoms with Crippen molar-refractivity contribution in [3.8, 4) is 0 Å². The molecule has 27 heavy (non-hydrogen) atoms. The first-order chi connectivity index (χ1) is 13.1. The molecule has 4 bridgehead atoms. The van der Waals surface area contributed by atoms with Gasteiger partial charge in [0.15, 0.2) is 5.16 Å². The van der Waals surface area contributed by atoms with E-state index in [1.54, 1.807) is 11.8 Å². The first-order valence-electron chi connectivity index (χ1n) is 11.0. The maximum Gasteiger partial charge on any atom is 0.230 e. The lowest BCUT2D eigenvalue weighted by atomic mass is 9.53. The number of hydrogen-bond acceptors (Lipinski definition) is 4. The van der Waals surface area contributed by atoms with E-state index in [1.807, 2.05) is 6.92 Å². The number of nitrogens with zero attached hydrogens (tertiary/aromatic N) is 3. The predicted molar refractivity (Wildman–Crippen MR) is 107 cm³/mol. The molecule has 148 valence electrons. The summed E-state index contributed by atoms with van der Waals surface area (Å²) >= 11 is 1.58. The summed E-state index contributed by atoms with van der Waals surface area (Å²) in [6.07, 6.45) is 14.2. The van der Waals surface area contributed by atoms with Gasteiger partial charge in [-0.3, -0.25) is 4.79 Å². The van der Waals surface area contributed by atoms with Crippen LogP contribution >= 0.6 is 11.8 Å². The molecule has 5 nitrogen and oxygen atoms in total.